The molecule has 4 aromatic rings. The first-order chi connectivity index (χ1) is 14.2. The van der Waals surface area contributed by atoms with Crippen molar-refractivity contribution in [1.82, 2.24) is 25.5 Å². The average Bonchev–Trinajstić information content (AvgIpc) is 3.43. The average molecular weight is 389 g/mol. The molecule has 29 heavy (non-hydrogen) atoms. The van der Waals surface area contributed by atoms with E-state index in [2.05, 4.69) is 20.8 Å². The maximum atomic E-state index is 12.3. The Labute approximate surface area is 167 Å². The van der Waals surface area contributed by atoms with Crippen molar-refractivity contribution in [3.63, 3.8) is 0 Å². The second-order valence-corrected chi connectivity index (χ2v) is 6.38. The number of nitrogens with one attached hydrogen (secondary N) is 1. The molecule has 146 valence electrons. The van der Waals surface area contributed by atoms with Gasteiger partial charge in [-0.05, 0) is 17.7 Å². The van der Waals surface area contributed by atoms with E-state index in [9.17, 15) is 4.79 Å². The van der Waals surface area contributed by atoms with E-state index in [4.69, 9.17) is 9.26 Å². The third-order valence-electron chi connectivity index (χ3n) is 4.32. The van der Waals surface area contributed by atoms with E-state index in [1.807, 2.05) is 54.6 Å². The number of amides is 1. The van der Waals surface area contributed by atoms with Gasteiger partial charge < -0.3 is 14.6 Å². The molecule has 0 unspecified atom stereocenters. The number of rotatable bonds is 7. The first kappa shape index (κ1) is 18.4. The molecule has 0 fully saturated rings. The van der Waals surface area contributed by atoms with Gasteiger partial charge in [0.2, 0.25) is 0 Å². The van der Waals surface area contributed by atoms with Crippen LogP contribution in [0.4, 0.5) is 0 Å². The van der Waals surface area contributed by atoms with E-state index in [1.165, 1.54) is 0 Å². The zero-order chi connectivity index (χ0) is 20.1. The molecule has 8 nitrogen and oxygen atoms in total. The molecule has 0 aliphatic heterocycles. The molecule has 4 rings (SSSR count). The molecule has 2 heterocycles. The molecule has 2 aromatic carbocycles. The van der Waals surface area contributed by atoms with Gasteiger partial charge in [0.25, 0.3) is 5.91 Å². The fourth-order valence-corrected chi connectivity index (χ4v) is 2.80. The zero-order valence-corrected chi connectivity index (χ0v) is 15.8. The highest BCUT2D eigenvalue weighted by Crippen LogP contribution is 2.19. The molecule has 1 amide bonds. The Kier molecular flexibility index (Phi) is 5.33. The maximum Gasteiger partial charge on any atom is 0.273 e. The summed E-state index contributed by atoms with van der Waals surface area (Å²) in [6.07, 6.45) is 1.79. The number of benzene rings is 2. The van der Waals surface area contributed by atoms with Crippen LogP contribution in [0.1, 0.15) is 21.7 Å². The van der Waals surface area contributed by atoms with Gasteiger partial charge in [-0.1, -0.05) is 52.8 Å². The van der Waals surface area contributed by atoms with Crippen LogP contribution < -0.4 is 10.1 Å². The standard InChI is InChI=1S/C21H19N5O3/c1-28-18-9-7-15(8-10-18)13-26-14-17(23-25-26)12-22-21(27)19-11-20(29-24-19)16-5-3-2-4-6-16/h2-11,14H,12-13H2,1H3,(H,22,27). The van der Waals surface area contributed by atoms with Crippen LogP contribution in [0.3, 0.4) is 0 Å². The normalized spacial score (nSPS) is 10.7. The van der Waals surface area contributed by atoms with Crippen LogP contribution in [-0.4, -0.2) is 33.2 Å². The highest BCUT2D eigenvalue weighted by molar-refractivity contribution is 5.93. The summed E-state index contributed by atoms with van der Waals surface area (Å²) in [6, 6.07) is 18.8. The van der Waals surface area contributed by atoms with Crippen molar-refractivity contribution in [1.29, 1.82) is 0 Å². The summed E-state index contributed by atoms with van der Waals surface area (Å²) in [4.78, 5) is 12.3. The van der Waals surface area contributed by atoms with E-state index >= 15 is 0 Å². The van der Waals surface area contributed by atoms with Gasteiger partial charge in [0.15, 0.2) is 11.5 Å². The molecule has 0 radical (unpaired) electrons. The van der Waals surface area contributed by atoms with Crippen molar-refractivity contribution in [3.8, 4) is 17.1 Å². The largest absolute Gasteiger partial charge is 0.497 e. The van der Waals surface area contributed by atoms with E-state index in [1.54, 1.807) is 24.1 Å². The van der Waals surface area contributed by atoms with Crippen LogP contribution in [0.15, 0.2) is 71.4 Å². The van der Waals surface area contributed by atoms with Crippen molar-refractivity contribution >= 4 is 5.91 Å². The number of ether oxygens (including phenoxy) is 1. The Morgan fingerprint density at radius 3 is 2.69 bits per heavy atom. The number of nitrogens with zero attached hydrogens (tertiary/aromatic N) is 4. The summed E-state index contributed by atoms with van der Waals surface area (Å²) in [7, 11) is 1.63. The zero-order valence-electron chi connectivity index (χ0n) is 15.8. The molecular weight excluding hydrogens is 370 g/mol. The minimum absolute atomic E-state index is 0.217. The van der Waals surface area contributed by atoms with Crippen LogP contribution in [0, 0.1) is 0 Å². The highest BCUT2D eigenvalue weighted by atomic mass is 16.5. The molecule has 0 saturated carbocycles. The van der Waals surface area contributed by atoms with Crippen LogP contribution >= 0.6 is 0 Å². The Morgan fingerprint density at radius 2 is 1.93 bits per heavy atom. The van der Waals surface area contributed by atoms with E-state index in [-0.39, 0.29) is 18.1 Å². The molecule has 0 aliphatic rings. The molecule has 0 atom stereocenters. The lowest BCUT2D eigenvalue weighted by molar-refractivity contribution is 0.0941. The fraction of sp³-hybridized carbons (Fsp3) is 0.143. The van der Waals surface area contributed by atoms with Gasteiger partial charge in [0, 0.05) is 11.6 Å². The summed E-state index contributed by atoms with van der Waals surface area (Å²) in [5.74, 6) is 1.01. The van der Waals surface area contributed by atoms with Crippen molar-refractivity contribution < 1.29 is 14.1 Å². The summed E-state index contributed by atoms with van der Waals surface area (Å²) in [5.41, 5.74) is 2.80. The molecular formula is C21H19N5O3. The number of carbonyl (C=O) groups is 1. The summed E-state index contributed by atoms with van der Waals surface area (Å²) < 4.78 is 12.1. The minimum atomic E-state index is -0.333. The summed E-state index contributed by atoms with van der Waals surface area (Å²) in [6.45, 7) is 0.823. The van der Waals surface area contributed by atoms with Crippen LogP contribution in [-0.2, 0) is 13.1 Å². The van der Waals surface area contributed by atoms with Crippen molar-refractivity contribution in [2.45, 2.75) is 13.1 Å². The molecule has 0 aliphatic carbocycles. The van der Waals surface area contributed by atoms with Crippen molar-refractivity contribution in [3.05, 3.63) is 83.8 Å². The molecule has 0 spiro atoms. The lowest BCUT2D eigenvalue weighted by atomic mass is 10.1. The fourth-order valence-electron chi connectivity index (χ4n) is 2.80. The Bertz CT molecular complexity index is 1090. The van der Waals surface area contributed by atoms with Gasteiger partial charge in [0.1, 0.15) is 11.4 Å². The first-order valence-corrected chi connectivity index (χ1v) is 9.03. The number of carbonyl (C=O) groups excluding carboxylic acids is 1. The lowest BCUT2D eigenvalue weighted by Crippen LogP contribution is -2.23. The summed E-state index contributed by atoms with van der Waals surface area (Å²) in [5, 5.41) is 14.8. The predicted molar refractivity (Wildman–Crippen MR) is 105 cm³/mol. The first-order valence-electron chi connectivity index (χ1n) is 9.03. The predicted octanol–water partition coefficient (Wildman–Crippen LogP) is 2.92. The molecule has 0 saturated heterocycles. The van der Waals surface area contributed by atoms with Crippen LogP contribution in [0.2, 0.25) is 0 Å². The van der Waals surface area contributed by atoms with E-state index in [0.29, 0.717) is 18.0 Å². The maximum absolute atomic E-state index is 12.3. The van der Waals surface area contributed by atoms with Crippen molar-refractivity contribution in [2.75, 3.05) is 7.11 Å². The minimum Gasteiger partial charge on any atom is -0.497 e. The van der Waals surface area contributed by atoms with Gasteiger partial charge in [-0.2, -0.15) is 0 Å². The number of hydrogen-bond donors (Lipinski definition) is 1. The van der Waals surface area contributed by atoms with E-state index < -0.39 is 0 Å². The molecule has 2 aromatic heterocycles. The lowest BCUT2D eigenvalue weighted by Gasteiger charge is -2.03. The molecule has 8 heteroatoms. The third-order valence-corrected chi connectivity index (χ3v) is 4.32. The van der Waals surface area contributed by atoms with Gasteiger partial charge in [-0.15, -0.1) is 5.10 Å². The number of hydrogen-bond acceptors (Lipinski definition) is 6. The monoisotopic (exact) mass is 389 g/mol. The molecule has 1 N–H and O–H groups in total. The van der Waals surface area contributed by atoms with Gasteiger partial charge in [-0.3, -0.25) is 4.79 Å². The number of methoxy groups -OCH3 is 1. The molecule has 0 bridgehead atoms. The Morgan fingerprint density at radius 1 is 1.14 bits per heavy atom. The van der Waals surface area contributed by atoms with Gasteiger partial charge >= 0.3 is 0 Å². The second kappa shape index (κ2) is 8.39. The van der Waals surface area contributed by atoms with Gasteiger partial charge in [0.05, 0.1) is 26.4 Å². The number of aromatic nitrogens is 4. The van der Waals surface area contributed by atoms with Gasteiger partial charge in [-0.25, -0.2) is 4.68 Å². The summed E-state index contributed by atoms with van der Waals surface area (Å²) >= 11 is 0. The Hall–Kier alpha value is -3.94. The van der Waals surface area contributed by atoms with E-state index in [0.717, 1.165) is 16.9 Å². The quantitative estimate of drug-likeness (QED) is 0.522. The van der Waals surface area contributed by atoms with Crippen LogP contribution in [0.5, 0.6) is 5.75 Å². The highest BCUT2D eigenvalue weighted by Gasteiger charge is 2.14. The topological polar surface area (TPSA) is 95.1 Å². The second-order valence-electron chi connectivity index (χ2n) is 6.38. The van der Waals surface area contributed by atoms with Crippen molar-refractivity contribution in [2.24, 2.45) is 0 Å². The Balaban J connectivity index is 1.33. The SMILES string of the molecule is COc1ccc(Cn2cc(CNC(=O)c3cc(-c4ccccc4)on3)nn2)cc1. The smallest absolute Gasteiger partial charge is 0.273 e. The van der Waals surface area contributed by atoms with Crippen LogP contribution in [0.25, 0.3) is 11.3 Å². The third kappa shape index (κ3) is 4.49.